The highest BCUT2D eigenvalue weighted by atomic mass is 32.2. The largest absolute Gasteiger partial charge is 0.326 e. The molecule has 0 bridgehead atoms. The van der Waals surface area contributed by atoms with Crippen LogP contribution in [-0.4, -0.2) is 47.3 Å². The first-order valence-corrected chi connectivity index (χ1v) is 10.4. The average molecular weight is 376 g/mol. The van der Waals surface area contributed by atoms with Crippen LogP contribution in [0.3, 0.4) is 0 Å². The third-order valence-electron chi connectivity index (χ3n) is 4.68. The molecule has 1 saturated heterocycles. The lowest BCUT2D eigenvalue weighted by atomic mass is 9.97. The molecule has 1 fully saturated rings. The standard InChI is InChI=1S/C18H24N4O3S/c1-2-26(24,25)22-11-7-16(8-12-22)18(23)20-17-6-3-5-15(13-17)14-21-10-4-9-19-21/h3-6,9-10,13,16H,2,7-8,11-12,14H2,1H3,(H,20,23). The Morgan fingerprint density at radius 3 is 2.69 bits per heavy atom. The summed E-state index contributed by atoms with van der Waals surface area (Å²) in [7, 11) is -3.17. The van der Waals surface area contributed by atoms with E-state index in [2.05, 4.69) is 10.4 Å². The summed E-state index contributed by atoms with van der Waals surface area (Å²) < 4.78 is 27.1. The molecule has 1 aromatic carbocycles. The molecule has 3 rings (SSSR count). The van der Waals surface area contributed by atoms with Crippen molar-refractivity contribution in [3.05, 3.63) is 48.3 Å². The van der Waals surface area contributed by atoms with Gasteiger partial charge >= 0.3 is 0 Å². The maximum absolute atomic E-state index is 12.5. The highest BCUT2D eigenvalue weighted by Gasteiger charge is 2.30. The van der Waals surface area contributed by atoms with Gasteiger partial charge in [-0.3, -0.25) is 9.48 Å². The summed E-state index contributed by atoms with van der Waals surface area (Å²) in [5, 5.41) is 7.15. The van der Waals surface area contributed by atoms with Crippen LogP contribution >= 0.6 is 0 Å². The van der Waals surface area contributed by atoms with Crippen LogP contribution in [0.15, 0.2) is 42.7 Å². The van der Waals surface area contributed by atoms with Crippen LogP contribution in [0, 0.1) is 5.92 Å². The van der Waals surface area contributed by atoms with E-state index in [0.717, 1.165) is 11.3 Å². The van der Waals surface area contributed by atoms with Gasteiger partial charge in [0.25, 0.3) is 0 Å². The monoisotopic (exact) mass is 376 g/mol. The molecule has 0 spiro atoms. The summed E-state index contributed by atoms with van der Waals surface area (Å²) in [5.74, 6) is -0.102. The van der Waals surface area contributed by atoms with E-state index in [1.165, 1.54) is 4.31 Å². The normalized spacial score (nSPS) is 16.5. The van der Waals surface area contributed by atoms with Crippen LogP contribution in [0.25, 0.3) is 0 Å². The molecule has 1 aromatic heterocycles. The molecule has 140 valence electrons. The Balaban J connectivity index is 1.57. The van der Waals surface area contributed by atoms with Gasteiger partial charge in [0.2, 0.25) is 15.9 Å². The Labute approximate surface area is 154 Å². The van der Waals surface area contributed by atoms with E-state index in [4.69, 9.17) is 0 Å². The highest BCUT2D eigenvalue weighted by molar-refractivity contribution is 7.89. The van der Waals surface area contributed by atoms with Gasteiger partial charge in [0, 0.05) is 37.1 Å². The number of carbonyl (C=O) groups excluding carboxylic acids is 1. The maximum atomic E-state index is 12.5. The number of rotatable bonds is 6. The third-order valence-corrected chi connectivity index (χ3v) is 6.56. The number of carbonyl (C=O) groups is 1. The smallest absolute Gasteiger partial charge is 0.227 e. The summed E-state index contributed by atoms with van der Waals surface area (Å²) in [6.07, 6.45) is 4.73. The predicted octanol–water partition coefficient (Wildman–Crippen LogP) is 1.93. The lowest BCUT2D eigenvalue weighted by Gasteiger charge is -2.30. The highest BCUT2D eigenvalue weighted by Crippen LogP contribution is 2.22. The Kier molecular flexibility index (Phi) is 5.73. The lowest BCUT2D eigenvalue weighted by molar-refractivity contribution is -0.120. The van der Waals surface area contributed by atoms with E-state index >= 15 is 0 Å². The quantitative estimate of drug-likeness (QED) is 0.835. The van der Waals surface area contributed by atoms with Gasteiger partial charge in [0.1, 0.15) is 0 Å². The fourth-order valence-corrected chi connectivity index (χ4v) is 4.28. The lowest BCUT2D eigenvalue weighted by Crippen LogP contribution is -2.42. The minimum atomic E-state index is -3.17. The van der Waals surface area contributed by atoms with Crippen molar-refractivity contribution in [2.45, 2.75) is 26.3 Å². The molecule has 7 nitrogen and oxygen atoms in total. The second kappa shape index (κ2) is 8.01. The molecule has 8 heteroatoms. The van der Waals surface area contributed by atoms with Crippen LogP contribution in [0.5, 0.6) is 0 Å². The first-order chi connectivity index (χ1) is 12.5. The molecule has 26 heavy (non-hydrogen) atoms. The van der Waals surface area contributed by atoms with Gasteiger partial charge < -0.3 is 5.32 Å². The fraction of sp³-hybridized carbons (Fsp3) is 0.444. The molecule has 0 radical (unpaired) electrons. The molecular weight excluding hydrogens is 352 g/mol. The summed E-state index contributed by atoms with van der Waals surface area (Å²) in [6.45, 7) is 3.11. The molecule has 0 aliphatic carbocycles. The van der Waals surface area contributed by atoms with Crippen LogP contribution in [0.1, 0.15) is 25.3 Å². The van der Waals surface area contributed by atoms with E-state index in [9.17, 15) is 13.2 Å². The number of nitrogens with one attached hydrogen (secondary N) is 1. The molecule has 2 aromatic rings. The number of aromatic nitrogens is 2. The molecule has 0 saturated carbocycles. The minimum Gasteiger partial charge on any atom is -0.326 e. The van der Waals surface area contributed by atoms with Crippen molar-refractivity contribution in [1.82, 2.24) is 14.1 Å². The molecule has 2 heterocycles. The molecule has 1 aliphatic rings. The number of hydrogen-bond acceptors (Lipinski definition) is 4. The zero-order valence-corrected chi connectivity index (χ0v) is 15.7. The number of piperidine rings is 1. The molecule has 1 amide bonds. The topological polar surface area (TPSA) is 84.3 Å². The Morgan fingerprint density at radius 1 is 1.27 bits per heavy atom. The van der Waals surface area contributed by atoms with Crippen LogP contribution < -0.4 is 5.32 Å². The van der Waals surface area contributed by atoms with Crippen molar-refractivity contribution < 1.29 is 13.2 Å². The number of amides is 1. The van der Waals surface area contributed by atoms with Gasteiger partial charge in [0.05, 0.1) is 12.3 Å². The fourth-order valence-electron chi connectivity index (χ4n) is 3.15. The van der Waals surface area contributed by atoms with E-state index in [-0.39, 0.29) is 17.6 Å². The summed E-state index contributed by atoms with van der Waals surface area (Å²) >= 11 is 0. The van der Waals surface area contributed by atoms with E-state index in [0.29, 0.717) is 32.5 Å². The number of benzene rings is 1. The molecule has 0 atom stereocenters. The van der Waals surface area contributed by atoms with Crippen molar-refractivity contribution >= 4 is 21.6 Å². The SMILES string of the molecule is CCS(=O)(=O)N1CCC(C(=O)Nc2cccc(Cn3cccn3)c2)CC1. The summed E-state index contributed by atoms with van der Waals surface area (Å²) in [5.41, 5.74) is 1.80. The van der Waals surface area contributed by atoms with Crippen molar-refractivity contribution in [3.63, 3.8) is 0 Å². The van der Waals surface area contributed by atoms with Gasteiger partial charge in [0.15, 0.2) is 0 Å². The number of nitrogens with zero attached hydrogens (tertiary/aromatic N) is 3. The van der Waals surface area contributed by atoms with E-state index in [1.54, 1.807) is 13.1 Å². The van der Waals surface area contributed by atoms with Crippen molar-refractivity contribution in [2.24, 2.45) is 5.92 Å². The summed E-state index contributed by atoms with van der Waals surface area (Å²) in [6, 6.07) is 9.57. The van der Waals surface area contributed by atoms with Gasteiger partial charge in [-0.05, 0) is 43.5 Å². The van der Waals surface area contributed by atoms with Gasteiger partial charge in [-0.15, -0.1) is 0 Å². The van der Waals surface area contributed by atoms with Crippen LogP contribution in [-0.2, 0) is 21.4 Å². The minimum absolute atomic E-state index is 0.0465. The second-order valence-electron chi connectivity index (χ2n) is 6.47. The molecule has 0 unspecified atom stereocenters. The first-order valence-electron chi connectivity index (χ1n) is 8.83. The van der Waals surface area contributed by atoms with Gasteiger partial charge in [-0.1, -0.05) is 12.1 Å². The predicted molar refractivity (Wildman–Crippen MR) is 100 cm³/mol. The Bertz CT molecular complexity index is 841. The first kappa shape index (κ1) is 18.6. The number of anilines is 1. The number of hydrogen-bond donors (Lipinski definition) is 1. The van der Waals surface area contributed by atoms with Crippen LogP contribution in [0.2, 0.25) is 0 Å². The third kappa shape index (κ3) is 4.50. The number of sulfonamides is 1. The zero-order valence-electron chi connectivity index (χ0n) is 14.8. The Morgan fingerprint density at radius 2 is 2.04 bits per heavy atom. The van der Waals surface area contributed by atoms with E-state index in [1.807, 2.05) is 41.2 Å². The Hall–Kier alpha value is -2.19. The summed E-state index contributed by atoms with van der Waals surface area (Å²) in [4.78, 5) is 12.5. The van der Waals surface area contributed by atoms with E-state index < -0.39 is 10.0 Å². The zero-order chi connectivity index (χ0) is 18.6. The second-order valence-corrected chi connectivity index (χ2v) is 8.72. The maximum Gasteiger partial charge on any atom is 0.227 e. The van der Waals surface area contributed by atoms with Crippen molar-refractivity contribution in [2.75, 3.05) is 24.2 Å². The average Bonchev–Trinajstić information content (AvgIpc) is 3.15. The molecular formula is C18H24N4O3S. The molecule has 1 aliphatic heterocycles. The van der Waals surface area contributed by atoms with Crippen molar-refractivity contribution in [1.29, 1.82) is 0 Å². The van der Waals surface area contributed by atoms with Crippen molar-refractivity contribution in [3.8, 4) is 0 Å². The van der Waals surface area contributed by atoms with Gasteiger partial charge in [-0.2, -0.15) is 5.10 Å². The van der Waals surface area contributed by atoms with Crippen LogP contribution in [0.4, 0.5) is 5.69 Å². The molecule has 1 N–H and O–H groups in total. The van der Waals surface area contributed by atoms with Gasteiger partial charge in [-0.25, -0.2) is 12.7 Å².